The molecular formula is C12H21N3O4. The van der Waals surface area contributed by atoms with Gasteiger partial charge in [-0.05, 0) is 12.8 Å². The lowest BCUT2D eigenvalue weighted by atomic mass is 10.2. The van der Waals surface area contributed by atoms with Crippen LogP contribution in [0.1, 0.15) is 41.9 Å². The molecule has 0 saturated carbocycles. The van der Waals surface area contributed by atoms with Crippen molar-refractivity contribution in [2.45, 2.75) is 38.8 Å². The fourth-order valence-corrected chi connectivity index (χ4v) is 1.77. The Bertz CT molecular complexity index is 392. The Morgan fingerprint density at radius 1 is 1.26 bits per heavy atom. The standard InChI is InChI=1S/C12H21N3O4/c1-18-9-10-11(12(17)19-2)13-14-15(10)7-5-3-4-6-8-16/h16H,3-9H2,1-2H3. The van der Waals surface area contributed by atoms with Gasteiger partial charge >= 0.3 is 5.97 Å². The van der Waals surface area contributed by atoms with E-state index in [0.717, 1.165) is 25.7 Å². The number of aliphatic hydroxyl groups excluding tert-OH is 1. The van der Waals surface area contributed by atoms with Crippen LogP contribution >= 0.6 is 0 Å². The van der Waals surface area contributed by atoms with Gasteiger partial charge in [-0.3, -0.25) is 0 Å². The number of esters is 1. The summed E-state index contributed by atoms with van der Waals surface area (Å²) in [5.41, 5.74) is 0.844. The van der Waals surface area contributed by atoms with Gasteiger partial charge in [0.15, 0.2) is 5.69 Å². The number of aromatic nitrogens is 3. The van der Waals surface area contributed by atoms with Gasteiger partial charge < -0.3 is 14.6 Å². The highest BCUT2D eigenvalue weighted by Gasteiger charge is 2.19. The maximum Gasteiger partial charge on any atom is 0.360 e. The SMILES string of the molecule is COCc1c(C(=O)OC)nnn1CCCCCCO. The molecule has 0 unspecified atom stereocenters. The molecule has 0 amide bonds. The molecule has 1 heterocycles. The first-order valence-corrected chi connectivity index (χ1v) is 6.35. The molecule has 0 aromatic carbocycles. The van der Waals surface area contributed by atoms with Crippen molar-refractivity contribution in [3.8, 4) is 0 Å². The number of hydrogen-bond acceptors (Lipinski definition) is 6. The average Bonchev–Trinajstić information content (AvgIpc) is 2.81. The number of nitrogens with zero attached hydrogens (tertiary/aromatic N) is 3. The number of ether oxygens (including phenoxy) is 2. The molecule has 0 aliphatic heterocycles. The molecule has 1 aromatic heterocycles. The minimum atomic E-state index is -0.501. The van der Waals surface area contributed by atoms with E-state index in [1.165, 1.54) is 7.11 Å². The predicted molar refractivity (Wildman–Crippen MR) is 67.6 cm³/mol. The molecular weight excluding hydrogens is 250 g/mol. The Kier molecular flexibility index (Phi) is 7.06. The first kappa shape index (κ1) is 15.6. The van der Waals surface area contributed by atoms with Crippen molar-refractivity contribution in [2.24, 2.45) is 0 Å². The van der Waals surface area contributed by atoms with Crippen molar-refractivity contribution in [1.82, 2.24) is 15.0 Å². The molecule has 0 aliphatic carbocycles. The topological polar surface area (TPSA) is 86.5 Å². The highest BCUT2D eigenvalue weighted by molar-refractivity contribution is 5.88. The van der Waals surface area contributed by atoms with E-state index in [9.17, 15) is 4.79 Å². The van der Waals surface area contributed by atoms with Crippen molar-refractivity contribution in [1.29, 1.82) is 0 Å². The van der Waals surface area contributed by atoms with Gasteiger partial charge in [-0.1, -0.05) is 18.1 Å². The molecule has 0 fully saturated rings. The summed E-state index contributed by atoms with van der Waals surface area (Å²) in [6, 6.07) is 0. The van der Waals surface area contributed by atoms with Crippen LogP contribution in [0.3, 0.4) is 0 Å². The smallest absolute Gasteiger partial charge is 0.360 e. The van der Waals surface area contributed by atoms with Crippen molar-refractivity contribution < 1.29 is 19.4 Å². The second-order valence-corrected chi connectivity index (χ2v) is 4.17. The summed E-state index contributed by atoms with van der Waals surface area (Å²) in [5, 5.41) is 16.5. The van der Waals surface area contributed by atoms with E-state index in [-0.39, 0.29) is 18.9 Å². The molecule has 1 N–H and O–H groups in total. The van der Waals surface area contributed by atoms with Gasteiger partial charge in [0.1, 0.15) is 0 Å². The van der Waals surface area contributed by atoms with Gasteiger partial charge in [0, 0.05) is 20.3 Å². The molecule has 7 heteroatoms. The van der Waals surface area contributed by atoms with E-state index in [2.05, 4.69) is 15.0 Å². The zero-order valence-corrected chi connectivity index (χ0v) is 11.5. The number of carbonyl (C=O) groups is 1. The number of unbranched alkanes of at least 4 members (excludes halogenated alkanes) is 3. The lowest BCUT2D eigenvalue weighted by molar-refractivity contribution is 0.0588. The van der Waals surface area contributed by atoms with Crippen LogP contribution in [-0.2, 0) is 22.6 Å². The van der Waals surface area contributed by atoms with E-state index in [4.69, 9.17) is 9.84 Å². The second-order valence-electron chi connectivity index (χ2n) is 4.17. The Balaban J connectivity index is 2.61. The third-order valence-corrected chi connectivity index (χ3v) is 2.78. The zero-order valence-electron chi connectivity index (χ0n) is 11.5. The van der Waals surface area contributed by atoms with Gasteiger partial charge in [0.05, 0.1) is 19.4 Å². The molecule has 0 bridgehead atoms. The first-order valence-electron chi connectivity index (χ1n) is 6.35. The minimum Gasteiger partial charge on any atom is -0.464 e. The van der Waals surface area contributed by atoms with Crippen LogP contribution in [0.2, 0.25) is 0 Å². The zero-order chi connectivity index (χ0) is 14.1. The molecule has 0 radical (unpaired) electrons. The Morgan fingerprint density at radius 2 is 2.00 bits per heavy atom. The third kappa shape index (κ3) is 4.60. The number of hydrogen-bond donors (Lipinski definition) is 1. The monoisotopic (exact) mass is 271 g/mol. The van der Waals surface area contributed by atoms with Gasteiger partial charge in [0.25, 0.3) is 0 Å². The summed E-state index contributed by atoms with van der Waals surface area (Å²) in [7, 11) is 2.87. The van der Waals surface area contributed by atoms with E-state index in [1.807, 2.05) is 0 Å². The second kappa shape index (κ2) is 8.60. The summed E-state index contributed by atoms with van der Waals surface area (Å²) in [6.45, 7) is 1.17. The van der Waals surface area contributed by atoms with Crippen LogP contribution in [0.5, 0.6) is 0 Å². The summed E-state index contributed by atoms with van der Waals surface area (Å²) < 4.78 is 11.4. The fraction of sp³-hybridized carbons (Fsp3) is 0.750. The number of rotatable bonds is 9. The summed E-state index contributed by atoms with van der Waals surface area (Å²) in [4.78, 5) is 11.5. The van der Waals surface area contributed by atoms with Crippen molar-refractivity contribution in [3.05, 3.63) is 11.4 Å². The molecule has 19 heavy (non-hydrogen) atoms. The van der Waals surface area contributed by atoms with Crippen LogP contribution in [0, 0.1) is 0 Å². The molecule has 108 valence electrons. The lowest BCUT2D eigenvalue weighted by Crippen LogP contribution is -2.11. The summed E-state index contributed by atoms with van der Waals surface area (Å²) in [6.07, 6.45) is 3.71. The lowest BCUT2D eigenvalue weighted by Gasteiger charge is -2.06. The van der Waals surface area contributed by atoms with E-state index in [1.54, 1.807) is 11.8 Å². The van der Waals surface area contributed by atoms with E-state index < -0.39 is 5.97 Å². The number of aliphatic hydroxyl groups is 1. The van der Waals surface area contributed by atoms with Crippen LogP contribution in [0.15, 0.2) is 0 Å². The number of carbonyl (C=O) groups excluding carboxylic acids is 1. The molecule has 1 rings (SSSR count). The van der Waals surface area contributed by atoms with Crippen LogP contribution in [-0.4, -0.2) is 46.9 Å². The molecule has 0 saturated heterocycles. The normalized spacial score (nSPS) is 10.7. The molecule has 0 aliphatic rings. The number of aryl methyl sites for hydroxylation is 1. The highest BCUT2D eigenvalue weighted by Crippen LogP contribution is 2.10. The van der Waals surface area contributed by atoms with E-state index in [0.29, 0.717) is 12.2 Å². The average molecular weight is 271 g/mol. The Morgan fingerprint density at radius 3 is 2.63 bits per heavy atom. The first-order chi connectivity index (χ1) is 9.24. The van der Waals surface area contributed by atoms with Crippen LogP contribution in [0.25, 0.3) is 0 Å². The summed E-state index contributed by atoms with van der Waals surface area (Å²) in [5.74, 6) is -0.501. The van der Waals surface area contributed by atoms with Crippen molar-refractivity contribution in [2.75, 3.05) is 20.8 Å². The predicted octanol–water partition coefficient (Wildman–Crippen LogP) is 0.764. The van der Waals surface area contributed by atoms with Crippen molar-refractivity contribution in [3.63, 3.8) is 0 Å². The Hall–Kier alpha value is -1.47. The van der Waals surface area contributed by atoms with Gasteiger partial charge in [-0.2, -0.15) is 0 Å². The molecule has 1 aromatic rings. The van der Waals surface area contributed by atoms with Crippen molar-refractivity contribution >= 4 is 5.97 Å². The molecule has 7 nitrogen and oxygen atoms in total. The molecule has 0 atom stereocenters. The largest absolute Gasteiger partial charge is 0.464 e. The van der Waals surface area contributed by atoms with Crippen LogP contribution in [0.4, 0.5) is 0 Å². The van der Waals surface area contributed by atoms with Crippen LogP contribution < -0.4 is 0 Å². The fourth-order valence-electron chi connectivity index (χ4n) is 1.77. The Labute approximate surface area is 112 Å². The maximum absolute atomic E-state index is 11.5. The highest BCUT2D eigenvalue weighted by atomic mass is 16.5. The van der Waals surface area contributed by atoms with E-state index >= 15 is 0 Å². The maximum atomic E-state index is 11.5. The van der Waals surface area contributed by atoms with Gasteiger partial charge in [-0.25, -0.2) is 9.48 Å². The minimum absolute atomic E-state index is 0.208. The van der Waals surface area contributed by atoms with Gasteiger partial charge in [-0.15, -0.1) is 5.10 Å². The quantitative estimate of drug-likeness (QED) is 0.527. The van der Waals surface area contributed by atoms with Gasteiger partial charge in [0.2, 0.25) is 0 Å². The molecule has 0 spiro atoms. The number of methoxy groups -OCH3 is 2. The third-order valence-electron chi connectivity index (χ3n) is 2.78. The summed E-state index contributed by atoms with van der Waals surface area (Å²) >= 11 is 0.